The molecule has 1 N–H and O–H groups in total. The topological polar surface area (TPSA) is 88.0 Å². The number of hydrogen-bond acceptors (Lipinski definition) is 7. The Morgan fingerprint density at radius 3 is 2.61 bits per heavy atom. The van der Waals surface area contributed by atoms with Crippen LogP contribution in [0, 0.1) is 6.92 Å². The van der Waals surface area contributed by atoms with Gasteiger partial charge >= 0.3 is 6.01 Å². The van der Waals surface area contributed by atoms with Gasteiger partial charge in [-0.2, -0.15) is 9.97 Å². The van der Waals surface area contributed by atoms with Crippen molar-refractivity contribution in [2.75, 3.05) is 44.4 Å². The Labute approximate surface area is 240 Å². The maximum atomic E-state index is 12.3. The largest absolute Gasteiger partial charge is 0.508 e. The predicted molar refractivity (Wildman–Crippen MR) is 162 cm³/mol. The van der Waals surface area contributed by atoms with Crippen LogP contribution in [-0.2, 0) is 9.53 Å². The first-order chi connectivity index (χ1) is 20.0. The first-order valence-corrected chi connectivity index (χ1v) is 14.7. The summed E-state index contributed by atoms with van der Waals surface area (Å²) >= 11 is 0. The average Bonchev–Trinajstić information content (AvgIpc) is 3.57. The number of nitrogens with zero attached hydrogens (tertiary/aromatic N) is 4. The number of aromatic hydroxyl groups is 1. The Morgan fingerprint density at radius 2 is 1.83 bits per heavy atom. The van der Waals surface area contributed by atoms with Crippen LogP contribution in [0.15, 0.2) is 48.5 Å². The highest BCUT2D eigenvalue weighted by molar-refractivity contribution is 6.03. The molecule has 3 heterocycles. The highest BCUT2D eigenvalue weighted by Gasteiger charge is 2.45. The van der Waals surface area contributed by atoms with Gasteiger partial charge in [-0.3, -0.25) is 14.6 Å². The van der Waals surface area contributed by atoms with E-state index < -0.39 is 0 Å². The lowest BCUT2D eigenvalue weighted by molar-refractivity contribution is -0.107. The minimum atomic E-state index is 0.0498. The van der Waals surface area contributed by atoms with E-state index in [2.05, 4.69) is 17.9 Å². The van der Waals surface area contributed by atoms with Crippen LogP contribution in [0.25, 0.3) is 32.8 Å². The molecule has 41 heavy (non-hydrogen) atoms. The fourth-order valence-corrected chi connectivity index (χ4v) is 6.67. The third kappa shape index (κ3) is 5.22. The fourth-order valence-electron chi connectivity index (χ4n) is 6.67. The summed E-state index contributed by atoms with van der Waals surface area (Å²) in [5, 5.41) is 13.3. The van der Waals surface area contributed by atoms with Crippen molar-refractivity contribution in [2.45, 2.75) is 51.5 Å². The van der Waals surface area contributed by atoms with Crippen molar-refractivity contribution >= 4 is 33.9 Å². The van der Waals surface area contributed by atoms with Gasteiger partial charge in [-0.25, -0.2) is 0 Å². The summed E-state index contributed by atoms with van der Waals surface area (Å²) in [6.45, 7) is 8.29. The van der Waals surface area contributed by atoms with Crippen LogP contribution in [0.3, 0.4) is 0 Å². The van der Waals surface area contributed by atoms with Crippen LogP contribution in [-0.4, -0.2) is 71.4 Å². The zero-order valence-electron chi connectivity index (χ0n) is 23.9. The van der Waals surface area contributed by atoms with Crippen molar-refractivity contribution in [1.29, 1.82) is 0 Å². The predicted octanol–water partition coefficient (Wildman–Crippen LogP) is 5.86. The van der Waals surface area contributed by atoms with Gasteiger partial charge in [0.1, 0.15) is 18.2 Å². The Balaban J connectivity index is 1.44. The van der Waals surface area contributed by atoms with Crippen LogP contribution in [0.2, 0.25) is 0 Å². The summed E-state index contributed by atoms with van der Waals surface area (Å²) < 4.78 is 12.1. The quantitative estimate of drug-likeness (QED) is 0.184. The summed E-state index contributed by atoms with van der Waals surface area (Å²) in [6.07, 6.45) is 6.34. The smallest absolute Gasteiger partial charge is 0.319 e. The fraction of sp³-hybridized carbons (Fsp3) is 0.424. The van der Waals surface area contributed by atoms with Crippen molar-refractivity contribution in [3.8, 4) is 22.9 Å². The molecule has 214 valence electrons. The molecule has 1 aromatic heterocycles. The third-order valence-corrected chi connectivity index (χ3v) is 8.72. The van der Waals surface area contributed by atoms with Crippen molar-refractivity contribution in [3.63, 3.8) is 0 Å². The van der Waals surface area contributed by atoms with Crippen molar-refractivity contribution in [1.82, 2.24) is 14.9 Å². The summed E-state index contributed by atoms with van der Waals surface area (Å²) in [5.74, 6) is 0.726. The number of carbonyl (C=O) groups excluding carboxylic acids is 1. The number of anilines is 1. The minimum Gasteiger partial charge on any atom is -0.508 e. The van der Waals surface area contributed by atoms with E-state index in [1.165, 1.54) is 12.8 Å². The summed E-state index contributed by atoms with van der Waals surface area (Å²) in [7, 11) is 0. The molecule has 4 aromatic rings. The molecule has 0 radical (unpaired) electrons. The molecule has 2 fully saturated rings. The standard InChI is InChI=1S/C33H38N4O4/c1-3-17-40-18-16-36(22-38)31-28-11-10-26(29-20-25(39)19-24-8-4-5-9-27(24)29)23(2)30(28)34-32(35-31)41-21-33-12-6-14-37(33)15-7-13-33/h4-5,8-11,19-20,22,39H,3,6-7,12-18,21H2,1-2H3. The molecule has 0 saturated carbocycles. The molecule has 8 nitrogen and oxygen atoms in total. The molecular weight excluding hydrogens is 516 g/mol. The van der Waals surface area contributed by atoms with Crippen molar-refractivity contribution in [2.24, 2.45) is 0 Å². The van der Waals surface area contributed by atoms with Crippen molar-refractivity contribution in [3.05, 3.63) is 54.1 Å². The van der Waals surface area contributed by atoms with Crippen LogP contribution >= 0.6 is 0 Å². The normalized spacial score (nSPS) is 16.3. The number of phenolic OH excluding ortho intramolecular Hbond substituents is 1. The van der Waals surface area contributed by atoms with Gasteiger partial charge in [-0.15, -0.1) is 0 Å². The van der Waals surface area contributed by atoms with Gasteiger partial charge in [-0.1, -0.05) is 37.3 Å². The number of fused-ring (bicyclic) bond motifs is 3. The Bertz CT molecular complexity index is 1560. The molecule has 8 heteroatoms. The SMILES string of the molecule is CCCOCCN(C=O)c1nc(OCC23CCCN2CCC3)nc2c(C)c(-c3cc(O)cc4ccccc34)ccc12. The molecule has 2 saturated heterocycles. The van der Waals surface area contributed by atoms with Crippen LogP contribution in [0.4, 0.5) is 5.82 Å². The monoisotopic (exact) mass is 554 g/mol. The van der Waals surface area contributed by atoms with E-state index in [0.29, 0.717) is 32.2 Å². The number of hydrogen-bond donors (Lipinski definition) is 1. The Hall–Kier alpha value is -3.75. The zero-order valence-corrected chi connectivity index (χ0v) is 23.9. The lowest BCUT2D eigenvalue weighted by Crippen LogP contribution is -2.43. The number of benzene rings is 3. The maximum Gasteiger partial charge on any atom is 0.319 e. The van der Waals surface area contributed by atoms with Gasteiger partial charge in [0, 0.05) is 12.0 Å². The third-order valence-electron chi connectivity index (χ3n) is 8.72. The van der Waals surface area contributed by atoms with Crippen LogP contribution in [0.1, 0.15) is 44.6 Å². The number of aromatic nitrogens is 2. The second-order valence-electron chi connectivity index (χ2n) is 11.3. The Kier molecular flexibility index (Phi) is 7.77. The Morgan fingerprint density at radius 1 is 1.02 bits per heavy atom. The molecule has 0 atom stereocenters. The number of amides is 1. The molecule has 6 rings (SSSR count). The van der Waals surface area contributed by atoms with Gasteiger partial charge < -0.3 is 14.6 Å². The number of ether oxygens (including phenoxy) is 2. The molecule has 0 unspecified atom stereocenters. The number of rotatable bonds is 11. The molecule has 0 spiro atoms. The van der Waals surface area contributed by atoms with Gasteiger partial charge in [0.15, 0.2) is 0 Å². The average molecular weight is 555 g/mol. The van der Waals surface area contributed by atoms with E-state index >= 15 is 0 Å². The van der Waals surface area contributed by atoms with Crippen LogP contribution in [0.5, 0.6) is 11.8 Å². The molecule has 0 aliphatic carbocycles. The van der Waals surface area contributed by atoms with E-state index in [4.69, 9.17) is 19.4 Å². The summed E-state index contributed by atoms with van der Waals surface area (Å²) in [6, 6.07) is 15.9. The number of carbonyl (C=O) groups is 1. The highest BCUT2D eigenvalue weighted by Crippen LogP contribution is 2.41. The lowest BCUT2D eigenvalue weighted by atomic mass is 9.93. The van der Waals surface area contributed by atoms with E-state index in [0.717, 1.165) is 77.1 Å². The number of phenols is 1. The van der Waals surface area contributed by atoms with Crippen LogP contribution < -0.4 is 9.64 Å². The second-order valence-corrected chi connectivity index (χ2v) is 11.3. The van der Waals surface area contributed by atoms with Gasteiger partial charge in [0.25, 0.3) is 0 Å². The van der Waals surface area contributed by atoms with Crippen molar-refractivity contribution < 1.29 is 19.4 Å². The first kappa shape index (κ1) is 27.4. The summed E-state index contributed by atoms with van der Waals surface area (Å²) in [4.78, 5) is 26.2. The molecule has 3 aromatic carbocycles. The van der Waals surface area contributed by atoms with E-state index in [1.807, 2.05) is 37.3 Å². The number of aryl methyl sites for hydroxylation is 1. The highest BCUT2D eigenvalue weighted by atomic mass is 16.5. The van der Waals surface area contributed by atoms with E-state index in [1.54, 1.807) is 17.0 Å². The second kappa shape index (κ2) is 11.6. The first-order valence-electron chi connectivity index (χ1n) is 14.7. The molecular formula is C33H38N4O4. The van der Waals surface area contributed by atoms with E-state index in [9.17, 15) is 9.90 Å². The van der Waals surface area contributed by atoms with E-state index in [-0.39, 0.29) is 17.3 Å². The maximum absolute atomic E-state index is 12.3. The minimum absolute atomic E-state index is 0.0498. The molecule has 0 bridgehead atoms. The molecule has 2 aliphatic rings. The molecule has 1 amide bonds. The lowest BCUT2D eigenvalue weighted by Gasteiger charge is -2.31. The summed E-state index contributed by atoms with van der Waals surface area (Å²) in [5.41, 5.74) is 3.59. The zero-order chi connectivity index (χ0) is 28.4. The van der Waals surface area contributed by atoms with Gasteiger partial charge in [0.2, 0.25) is 6.41 Å². The van der Waals surface area contributed by atoms with Gasteiger partial charge in [-0.05, 0) is 97.8 Å². The molecule has 2 aliphatic heterocycles. The van der Waals surface area contributed by atoms with Gasteiger partial charge in [0.05, 0.1) is 24.2 Å².